The van der Waals surface area contributed by atoms with Gasteiger partial charge in [-0.25, -0.2) is 0 Å². The number of nitrogens with one attached hydrogen (secondary N) is 2. The van der Waals surface area contributed by atoms with Crippen LogP contribution >= 0.6 is 23.2 Å². The van der Waals surface area contributed by atoms with Gasteiger partial charge in [-0.3, -0.25) is 4.79 Å². The van der Waals surface area contributed by atoms with Crippen molar-refractivity contribution in [3.05, 3.63) is 33.8 Å². The van der Waals surface area contributed by atoms with Gasteiger partial charge in [0, 0.05) is 19.6 Å². The first-order valence-corrected chi connectivity index (χ1v) is 6.39. The average Bonchev–Trinajstić information content (AvgIpc) is 2.31. The number of hydrogen-bond donors (Lipinski definition) is 3. The van der Waals surface area contributed by atoms with Gasteiger partial charge in [0.05, 0.1) is 21.7 Å². The minimum absolute atomic E-state index is 0.258. The molecule has 0 spiro atoms. The van der Waals surface area contributed by atoms with Crippen molar-refractivity contribution in [1.82, 2.24) is 10.6 Å². The van der Waals surface area contributed by atoms with E-state index in [0.29, 0.717) is 30.2 Å². The molecule has 4 nitrogen and oxygen atoms in total. The Morgan fingerprint density at radius 1 is 1.39 bits per heavy atom. The van der Waals surface area contributed by atoms with Gasteiger partial charge in [0.1, 0.15) is 0 Å². The molecule has 1 aromatic carbocycles. The van der Waals surface area contributed by atoms with Gasteiger partial charge in [-0.2, -0.15) is 0 Å². The van der Waals surface area contributed by atoms with E-state index in [1.54, 1.807) is 25.1 Å². The lowest BCUT2D eigenvalue weighted by atomic mass is 10.2. The molecule has 0 aliphatic carbocycles. The highest BCUT2D eigenvalue weighted by Crippen LogP contribution is 2.25. The summed E-state index contributed by atoms with van der Waals surface area (Å²) in [5, 5.41) is 15.3. The molecule has 100 valence electrons. The summed E-state index contributed by atoms with van der Waals surface area (Å²) in [5.74, 6) is -0.263. The fourth-order valence-corrected chi connectivity index (χ4v) is 1.74. The van der Waals surface area contributed by atoms with E-state index in [2.05, 4.69) is 10.6 Å². The van der Waals surface area contributed by atoms with Gasteiger partial charge < -0.3 is 15.7 Å². The Balaban J connectivity index is 2.39. The third kappa shape index (κ3) is 4.82. The third-order valence-electron chi connectivity index (χ3n) is 2.22. The molecule has 18 heavy (non-hydrogen) atoms. The standard InChI is InChI=1S/C12H16Cl2N2O2/c1-8(17)7-15-5-6-16-12(18)9-3-2-4-10(13)11(9)14/h2-4,8,15,17H,5-7H2,1H3,(H,16,18). The van der Waals surface area contributed by atoms with Crippen LogP contribution in [0.3, 0.4) is 0 Å². The van der Waals surface area contributed by atoms with Crippen LogP contribution in [0.5, 0.6) is 0 Å². The zero-order valence-corrected chi connectivity index (χ0v) is 11.6. The number of carbonyl (C=O) groups excluding carboxylic acids is 1. The van der Waals surface area contributed by atoms with Crippen LogP contribution in [0.1, 0.15) is 17.3 Å². The molecular formula is C12H16Cl2N2O2. The molecule has 1 amide bonds. The monoisotopic (exact) mass is 290 g/mol. The minimum Gasteiger partial charge on any atom is -0.392 e. The Hall–Kier alpha value is -0.810. The van der Waals surface area contributed by atoms with E-state index in [9.17, 15) is 4.79 Å². The molecule has 0 bridgehead atoms. The summed E-state index contributed by atoms with van der Waals surface area (Å²) in [6.07, 6.45) is -0.400. The molecule has 1 aromatic rings. The summed E-state index contributed by atoms with van der Waals surface area (Å²) in [4.78, 5) is 11.8. The van der Waals surface area contributed by atoms with Crippen LogP contribution in [0.4, 0.5) is 0 Å². The summed E-state index contributed by atoms with van der Waals surface area (Å²) < 4.78 is 0. The van der Waals surface area contributed by atoms with Gasteiger partial charge in [0.2, 0.25) is 0 Å². The SMILES string of the molecule is CC(O)CNCCNC(=O)c1cccc(Cl)c1Cl. The third-order valence-corrected chi connectivity index (χ3v) is 3.04. The van der Waals surface area contributed by atoms with Crippen LogP contribution in [-0.4, -0.2) is 36.8 Å². The maximum absolute atomic E-state index is 11.8. The zero-order chi connectivity index (χ0) is 13.5. The number of carbonyl (C=O) groups is 1. The number of aliphatic hydroxyl groups is 1. The van der Waals surface area contributed by atoms with Crippen molar-refractivity contribution in [3.63, 3.8) is 0 Å². The Bertz CT molecular complexity index is 411. The lowest BCUT2D eigenvalue weighted by molar-refractivity contribution is 0.0954. The Kier molecular flexibility index (Phi) is 6.43. The van der Waals surface area contributed by atoms with Gasteiger partial charge >= 0.3 is 0 Å². The van der Waals surface area contributed by atoms with Crippen molar-refractivity contribution >= 4 is 29.1 Å². The van der Waals surface area contributed by atoms with Crippen molar-refractivity contribution < 1.29 is 9.90 Å². The van der Waals surface area contributed by atoms with Gasteiger partial charge in [0.25, 0.3) is 5.91 Å². The van der Waals surface area contributed by atoms with Gasteiger partial charge in [-0.1, -0.05) is 29.3 Å². The molecule has 0 fully saturated rings. The van der Waals surface area contributed by atoms with Crippen molar-refractivity contribution in [2.24, 2.45) is 0 Å². The topological polar surface area (TPSA) is 61.4 Å². The van der Waals surface area contributed by atoms with Gasteiger partial charge in [0.15, 0.2) is 0 Å². The number of halogens is 2. The predicted molar refractivity (Wildman–Crippen MR) is 73.3 cm³/mol. The summed E-state index contributed by atoms with van der Waals surface area (Å²) in [6, 6.07) is 4.92. The molecule has 1 unspecified atom stereocenters. The Morgan fingerprint density at radius 3 is 2.78 bits per heavy atom. The summed E-state index contributed by atoms with van der Waals surface area (Å²) >= 11 is 11.8. The fraction of sp³-hybridized carbons (Fsp3) is 0.417. The summed E-state index contributed by atoms with van der Waals surface area (Å²) in [5.41, 5.74) is 0.361. The van der Waals surface area contributed by atoms with Crippen LogP contribution in [0.25, 0.3) is 0 Å². The molecule has 0 aliphatic rings. The number of benzene rings is 1. The summed E-state index contributed by atoms with van der Waals surface area (Å²) in [7, 11) is 0. The largest absolute Gasteiger partial charge is 0.392 e. The van der Waals surface area contributed by atoms with E-state index in [1.807, 2.05) is 0 Å². The molecule has 6 heteroatoms. The lowest BCUT2D eigenvalue weighted by Gasteiger charge is -2.09. The lowest BCUT2D eigenvalue weighted by Crippen LogP contribution is -2.34. The number of rotatable bonds is 6. The molecule has 0 aromatic heterocycles. The van der Waals surface area contributed by atoms with Crippen molar-refractivity contribution in [2.75, 3.05) is 19.6 Å². The number of hydrogen-bond acceptors (Lipinski definition) is 3. The van der Waals surface area contributed by atoms with Crippen LogP contribution in [0.2, 0.25) is 10.0 Å². The van der Waals surface area contributed by atoms with Crippen LogP contribution in [0, 0.1) is 0 Å². The minimum atomic E-state index is -0.400. The smallest absolute Gasteiger partial charge is 0.252 e. The maximum Gasteiger partial charge on any atom is 0.252 e. The van der Waals surface area contributed by atoms with E-state index in [4.69, 9.17) is 28.3 Å². The van der Waals surface area contributed by atoms with Crippen molar-refractivity contribution in [1.29, 1.82) is 0 Å². The van der Waals surface area contributed by atoms with E-state index >= 15 is 0 Å². The van der Waals surface area contributed by atoms with Crippen molar-refractivity contribution in [3.8, 4) is 0 Å². The van der Waals surface area contributed by atoms with Gasteiger partial charge in [-0.15, -0.1) is 0 Å². The molecule has 0 saturated carbocycles. The second-order valence-electron chi connectivity index (χ2n) is 3.91. The van der Waals surface area contributed by atoms with E-state index in [1.165, 1.54) is 0 Å². The summed E-state index contributed by atoms with van der Waals surface area (Å²) in [6.45, 7) is 3.22. The molecule has 0 radical (unpaired) electrons. The second kappa shape index (κ2) is 7.59. The second-order valence-corrected chi connectivity index (χ2v) is 4.70. The number of amides is 1. The van der Waals surface area contributed by atoms with Crippen LogP contribution in [0.15, 0.2) is 18.2 Å². The van der Waals surface area contributed by atoms with E-state index in [0.717, 1.165) is 0 Å². The van der Waals surface area contributed by atoms with Crippen molar-refractivity contribution in [2.45, 2.75) is 13.0 Å². The molecule has 0 heterocycles. The molecule has 0 saturated heterocycles. The fourth-order valence-electron chi connectivity index (χ4n) is 1.35. The van der Waals surface area contributed by atoms with Crippen LogP contribution in [-0.2, 0) is 0 Å². The molecule has 1 atom stereocenters. The molecule has 0 aliphatic heterocycles. The highest BCUT2D eigenvalue weighted by Gasteiger charge is 2.11. The quantitative estimate of drug-likeness (QED) is 0.699. The van der Waals surface area contributed by atoms with E-state index < -0.39 is 6.10 Å². The Morgan fingerprint density at radius 2 is 2.11 bits per heavy atom. The molecular weight excluding hydrogens is 275 g/mol. The normalized spacial score (nSPS) is 12.2. The molecule has 3 N–H and O–H groups in total. The average molecular weight is 291 g/mol. The Labute approximate surface area is 116 Å². The first-order chi connectivity index (χ1) is 8.52. The van der Waals surface area contributed by atoms with Crippen LogP contribution < -0.4 is 10.6 Å². The maximum atomic E-state index is 11.8. The molecule has 1 rings (SSSR count). The highest BCUT2D eigenvalue weighted by molar-refractivity contribution is 6.43. The first-order valence-electron chi connectivity index (χ1n) is 5.63. The van der Waals surface area contributed by atoms with E-state index in [-0.39, 0.29) is 10.9 Å². The number of aliphatic hydroxyl groups excluding tert-OH is 1. The van der Waals surface area contributed by atoms with Gasteiger partial charge in [-0.05, 0) is 19.1 Å². The first kappa shape index (κ1) is 15.2. The predicted octanol–water partition coefficient (Wildman–Crippen LogP) is 1.69. The highest BCUT2D eigenvalue weighted by atomic mass is 35.5. The zero-order valence-electron chi connectivity index (χ0n) is 10.0.